The largest absolute Gasteiger partial charge is 0.459 e. The molecule has 0 saturated carbocycles. The van der Waals surface area contributed by atoms with Crippen LogP contribution in [0.25, 0.3) is 0 Å². The minimum Gasteiger partial charge on any atom is -0.459 e. The first kappa shape index (κ1) is 18.4. The van der Waals surface area contributed by atoms with E-state index in [1.54, 1.807) is 19.9 Å². The van der Waals surface area contributed by atoms with Crippen molar-refractivity contribution >= 4 is 11.9 Å². The summed E-state index contributed by atoms with van der Waals surface area (Å²) in [5, 5.41) is 0. The number of rotatable bonds is 7. The quantitative estimate of drug-likeness (QED) is 0.530. The molecule has 1 aliphatic heterocycles. The highest BCUT2D eigenvalue weighted by atomic mass is 16.8. The van der Waals surface area contributed by atoms with Gasteiger partial charge < -0.3 is 18.9 Å². The Kier molecular flexibility index (Phi) is 6.32. The van der Waals surface area contributed by atoms with Gasteiger partial charge in [-0.25, -0.2) is 0 Å². The van der Waals surface area contributed by atoms with E-state index in [4.69, 9.17) is 18.9 Å². The molecule has 1 heterocycles. The zero-order valence-corrected chi connectivity index (χ0v) is 13.5. The molecule has 0 spiro atoms. The number of ether oxygens (including phenoxy) is 4. The predicted octanol–water partition coefficient (Wildman–Crippen LogP) is 2.13. The summed E-state index contributed by atoms with van der Waals surface area (Å²) in [5.74, 6) is -1.78. The number of carbonyl (C=O) groups excluding carboxylic acids is 2. The fraction of sp³-hybridized carbons (Fsp3) is 0.625. The Labute approximate surface area is 131 Å². The van der Waals surface area contributed by atoms with E-state index in [0.717, 1.165) is 0 Å². The average molecular weight is 312 g/mol. The third-order valence-electron chi connectivity index (χ3n) is 3.10. The summed E-state index contributed by atoms with van der Waals surface area (Å²) in [6, 6.07) is 0. The second kappa shape index (κ2) is 7.56. The lowest BCUT2D eigenvalue weighted by atomic mass is 10.0. The maximum absolute atomic E-state index is 11.3. The Hall–Kier alpha value is -1.66. The maximum Gasteiger partial charge on any atom is 0.303 e. The molecule has 0 bridgehead atoms. The molecule has 0 aromatic heterocycles. The third-order valence-corrected chi connectivity index (χ3v) is 3.10. The SMILES string of the molecule is C=CC[C@@H](OC(C)=O)[C@H]1OC(C)(C)O[C@H]1[C@@H](C=C)OC(C)=O. The number of carbonyl (C=O) groups is 2. The van der Waals surface area contributed by atoms with Crippen molar-refractivity contribution < 1.29 is 28.5 Å². The summed E-state index contributed by atoms with van der Waals surface area (Å²) in [6.45, 7) is 13.4. The second-order valence-corrected chi connectivity index (χ2v) is 5.55. The van der Waals surface area contributed by atoms with E-state index in [9.17, 15) is 9.59 Å². The van der Waals surface area contributed by atoms with Crippen molar-refractivity contribution in [2.75, 3.05) is 0 Å². The Morgan fingerprint density at radius 1 is 1.14 bits per heavy atom. The van der Waals surface area contributed by atoms with Gasteiger partial charge in [-0.3, -0.25) is 9.59 Å². The van der Waals surface area contributed by atoms with Gasteiger partial charge in [-0.05, 0) is 19.9 Å². The number of esters is 2. The van der Waals surface area contributed by atoms with E-state index >= 15 is 0 Å². The lowest BCUT2D eigenvalue weighted by molar-refractivity contribution is -0.171. The van der Waals surface area contributed by atoms with Crippen molar-refractivity contribution in [2.24, 2.45) is 0 Å². The van der Waals surface area contributed by atoms with Gasteiger partial charge in [0, 0.05) is 20.3 Å². The van der Waals surface area contributed by atoms with Crippen LogP contribution in [0.2, 0.25) is 0 Å². The maximum atomic E-state index is 11.3. The molecule has 0 unspecified atom stereocenters. The molecule has 0 amide bonds. The average Bonchev–Trinajstić information content (AvgIpc) is 2.70. The van der Waals surface area contributed by atoms with Crippen molar-refractivity contribution in [3.8, 4) is 0 Å². The second-order valence-electron chi connectivity index (χ2n) is 5.55. The van der Waals surface area contributed by atoms with Crippen molar-refractivity contribution in [1.82, 2.24) is 0 Å². The van der Waals surface area contributed by atoms with Gasteiger partial charge in [0.25, 0.3) is 0 Å². The van der Waals surface area contributed by atoms with E-state index in [1.165, 1.54) is 19.9 Å². The van der Waals surface area contributed by atoms with Crippen LogP contribution < -0.4 is 0 Å². The molecule has 0 aromatic carbocycles. The summed E-state index contributed by atoms with van der Waals surface area (Å²) in [4.78, 5) is 22.6. The molecular formula is C16H24O6. The molecule has 1 aliphatic rings. The lowest BCUT2D eigenvalue weighted by Gasteiger charge is -2.28. The van der Waals surface area contributed by atoms with Crippen molar-refractivity contribution in [3.63, 3.8) is 0 Å². The zero-order chi connectivity index (χ0) is 16.9. The van der Waals surface area contributed by atoms with Crippen LogP contribution >= 0.6 is 0 Å². The fourth-order valence-corrected chi connectivity index (χ4v) is 2.43. The highest BCUT2D eigenvalue weighted by molar-refractivity contribution is 5.66. The first-order chi connectivity index (χ1) is 10.2. The van der Waals surface area contributed by atoms with Crippen LogP contribution in [0.4, 0.5) is 0 Å². The molecule has 1 saturated heterocycles. The Balaban J connectivity index is 3.03. The van der Waals surface area contributed by atoms with Crippen LogP contribution in [0.1, 0.15) is 34.1 Å². The van der Waals surface area contributed by atoms with E-state index in [-0.39, 0.29) is 0 Å². The van der Waals surface area contributed by atoms with Crippen LogP contribution in [0.3, 0.4) is 0 Å². The van der Waals surface area contributed by atoms with Gasteiger partial charge in [-0.1, -0.05) is 12.7 Å². The van der Waals surface area contributed by atoms with Gasteiger partial charge in [0.05, 0.1) is 0 Å². The van der Waals surface area contributed by atoms with Gasteiger partial charge in [-0.15, -0.1) is 6.58 Å². The summed E-state index contributed by atoms with van der Waals surface area (Å²) in [7, 11) is 0. The lowest BCUT2D eigenvalue weighted by Crippen LogP contribution is -2.44. The minimum absolute atomic E-state index is 0.393. The molecule has 4 atom stereocenters. The molecule has 124 valence electrons. The van der Waals surface area contributed by atoms with Crippen LogP contribution in [0.15, 0.2) is 25.3 Å². The summed E-state index contributed by atoms with van der Waals surface area (Å²) >= 11 is 0. The molecule has 1 fully saturated rings. The molecular weight excluding hydrogens is 288 g/mol. The number of hydrogen-bond donors (Lipinski definition) is 0. The molecule has 1 rings (SSSR count). The monoisotopic (exact) mass is 312 g/mol. The molecule has 22 heavy (non-hydrogen) atoms. The molecule has 0 radical (unpaired) electrons. The van der Waals surface area contributed by atoms with Crippen LogP contribution in [0.5, 0.6) is 0 Å². The smallest absolute Gasteiger partial charge is 0.303 e. The Bertz CT molecular complexity index is 442. The minimum atomic E-state index is -0.893. The molecule has 6 nitrogen and oxygen atoms in total. The molecule has 0 aliphatic carbocycles. The van der Waals surface area contributed by atoms with Gasteiger partial charge in [0.1, 0.15) is 24.4 Å². The van der Waals surface area contributed by atoms with Gasteiger partial charge in [-0.2, -0.15) is 0 Å². The topological polar surface area (TPSA) is 71.1 Å². The van der Waals surface area contributed by atoms with Crippen molar-refractivity contribution in [1.29, 1.82) is 0 Å². The summed E-state index contributed by atoms with van der Waals surface area (Å²) < 4.78 is 22.2. The molecule has 0 aromatic rings. The molecule has 6 heteroatoms. The Morgan fingerprint density at radius 2 is 1.68 bits per heavy atom. The van der Waals surface area contributed by atoms with Crippen LogP contribution in [0, 0.1) is 0 Å². The highest BCUT2D eigenvalue weighted by Crippen LogP contribution is 2.35. The predicted molar refractivity (Wildman–Crippen MR) is 79.9 cm³/mol. The van der Waals surface area contributed by atoms with E-state index < -0.39 is 42.1 Å². The number of hydrogen-bond acceptors (Lipinski definition) is 6. The Morgan fingerprint density at radius 3 is 2.14 bits per heavy atom. The van der Waals surface area contributed by atoms with Crippen LogP contribution in [-0.4, -0.2) is 42.1 Å². The van der Waals surface area contributed by atoms with Crippen LogP contribution in [-0.2, 0) is 28.5 Å². The summed E-state index contributed by atoms with van der Waals surface area (Å²) in [6.07, 6.45) is 0.993. The third kappa shape index (κ3) is 4.96. The fourth-order valence-electron chi connectivity index (χ4n) is 2.43. The summed E-state index contributed by atoms with van der Waals surface area (Å²) in [5.41, 5.74) is 0. The first-order valence-corrected chi connectivity index (χ1v) is 7.13. The van der Waals surface area contributed by atoms with E-state index in [0.29, 0.717) is 6.42 Å². The van der Waals surface area contributed by atoms with E-state index in [1.807, 2.05) is 0 Å². The molecule has 0 N–H and O–H groups in total. The van der Waals surface area contributed by atoms with E-state index in [2.05, 4.69) is 13.2 Å². The standard InChI is InChI=1S/C16H24O6/c1-7-9-13(20-11(4)18)15-14(21-16(5,6)22-15)12(8-2)19-10(3)17/h7-8,12-15H,1-2,9H2,3-6H3/t12-,13-,14+,15-/m1/s1. The van der Waals surface area contributed by atoms with Gasteiger partial charge >= 0.3 is 11.9 Å². The van der Waals surface area contributed by atoms with Gasteiger partial charge in [0.15, 0.2) is 5.79 Å². The highest BCUT2D eigenvalue weighted by Gasteiger charge is 2.49. The van der Waals surface area contributed by atoms with Crippen molar-refractivity contribution in [2.45, 2.75) is 64.3 Å². The normalized spacial score (nSPS) is 25.8. The van der Waals surface area contributed by atoms with Gasteiger partial charge in [0.2, 0.25) is 0 Å². The first-order valence-electron chi connectivity index (χ1n) is 7.13. The zero-order valence-electron chi connectivity index (χ0n) is 13.5. The van der Waals surface area contributed by atoms with Crippen molar-refractivity contribution in [3.05, 3.63) is 25.3 Å².